The van der Waals surface area contributed by atoms with E-state index in [1.807, 2.05) is 11.8 Å². The second-order valence-electron chi connectivity index (χ2n) is 2.35. The highest BCUT2D eigenvalue weighted by atomic mass is 32.2. The lowest BCUT2D eigenvalue weighted by atomic mass is 10.6. The molecule has 0 spiro atoms. The Balaban J connectivity index is 3.31. The monoisotopic (exact) mass is 162 g/mol. The van der Waals surface area contributed by atoms with Crippen molar-refractivity contribution in [3.63, 3.8) is 0 Å². The molecular weight excluding hydrogens is 144 g/mol. The third-order valence-corrected chi connectivity index (χ3v) is 2.25. The van der Waals surface area contributed by atoms with Crippen LogP contribution in [0.15, 0.2) is 0 Å². The molecule has 0 rings (SSSR count). The normalized spacial score (nSPS) is 11.4. The number of hydrazine groups is 1. The van der Waals surface area contributed by atoms with Crippen LogP contribution in [0, 0.1) is 0 Å². The highest BCUT2D eigenvalue weighted by molar-refractivity contribution is 7.98. The molecule has 0 amide bonds. The van der Waals surface area contributed by atoms with Gasteiger partial charge in [0.05, 0.1) is 0 Å². The molecule has 0 aromatic rings. The Labute approximate surface area is 68.5 Å². The van der Waals surface area contributed by atoms with Gasteiger partial charge in [-0.15, -0.1) is 0 Å². The Morgan fingerprint density at radius 1 is 1.20 bits per heavy atom. The van der Waals surface area contributed by atoms with E-state index < -0.39 is 0 Å². The first-order valence-corrected chi connectivity index (χ1v) is 5.02. The summed E-state index contributed by atoms with van der Waals surface area (Å²) < 4.78 is 0. The Bertz CT molecular complexity index is 78.0. The largest absolute Gasteiger partial charge is 0.245 e. The molecule has 0 saturated carbocycles. The molecule has 2 nitrogen and oxygen atoms in total. The minimum Gasteiger partial charge on any atom is -0.245 e. The molecular formula is C7H18N2S. The average molecular weight is 162 g/mol. The van der Waals surface area contributed by atoms with E-state index in [-0.39, 0.29) is 0 Å². The van der Waals surface area contributed by atoms with Crippen molar-refractivity contribution < 1.29 is 0 Å². The zero-order valence-electron chi connectivity index (χ0n) is 7.42. The van der Waals surface area contributed by atoms with Crippen LogP contribution in [-0.2, 0) is 0 Å². The zero-order chi connectivity index (χ0) is 7.98. The summed E-state index contributed by atoms with van der Waals surface area (Å²) in [6.45, 7) is 4.39. The topological polar surface area (TPSA) is 6.48 Å². The van der Waals surface area contributed by atoms with Crippen molar-refractivity contribution >= 4 is 11.8 Å². The molecule has 0 aliphatic carbocycles. The van der Waals surface area contributed by atoms with Gasteiger partial charge >= 0.3 is 0 Å². The molecule has 0 aliphatic rings. The molecule has 3 heteroatoms. The van der Waals surface area contributed by atoms with Crippen LogP contribution in [0.25, 0.3) is 0 Å². The van der Waals surface area contributed by atoms with Gasteiger partial charge in [0.15, 0.2) is 0 Å². The summed E-state index contributed by atoms with van der Waals surface area (Å²) in [5.41, 5.74) is 0. The fraction of sp³-hybridized carbons (Fsp3) is 1.00. The van der Waals surface area contributed by atoms with Crippen LogP contribution in [0.4, 0.5) is 0 Å². The summed E-state index contributed by atoms with van der Waals surface area (Å²) in [4.78, 5) is 0. The van der Waals surface area contributed by atoms with Gasteiger partial charge in [-0.1, -0.05) is 6.92 Å². The van der Waals surface area contributed by atoms with Crippen molar-refractivity contribution in [2.45, 2.75) is 6.92 Å². The van der Waals surface area contributed by atoms with Gasteiger partial charge in [-0.25, -0.2) is 10.0 Å². The summed E-state index contributed by atoms with van der Waals surface area (Å²) in [6.07, 6.45) is 2.14. The molecule has 0 bridgehead atoms. The number of rotatable bonds is 5. The third-order valence-electron chi connectivity index (χ3n) is 1.66. The van der Waals surface area contributed by atoms with E-state index in [2.05, 4.69) is 37.3 Å². The molecule has 0 heterocycles. The molecule has 0 aliphatic heterocycles. The first-order chi connectivity index (χ1) is 4.72. The van der Waals surface area contributed by atoms with Crippen LogP contribution >= 0.6 is 11.8 Å². The maximum absolute atomic E-state index is 2.25. The van der Waals surface area contributed by atoms with Crippen LogP contribution in [-0.4, -0.2) is 49.2 Å². The van der Waals surface area contributed by atoms with E-state index >= 15 is 0 Å². The van der Waals surface area contributed by atoms with Gasteiger partial charge in [0.2, 0.25) is 0 Å². The van der Waals surface area contributed by atoms with Gasteiger partial charge in [-0.05, 0) is 6.26 Å². The summed E-state index contributed by atoms with van der Waals surface area (Å²) in [7, 11) is 4.24. The summed E-state index contributed by atoms with van der Waals surface area (Å²) >= 11 is 1.89. The second kappa shape index (κ2) is 6.01. The van der Waals surface area contributed by atoms with Gasteiger partial charge in [-0.2, -0.15) is 11.8 Å². The average Bonchev–Trinajstić information content (AvgIpc) is 1.98. The smallest absolute Gasteiger partial charge is 0.0220 e. The van der Waals surface area contributed by atoms with E-state index in [9.17, 15) is 0 Å². The highest BCUT2D eigenvalue weighted by Gasteiger charge is 2.00. The van der Waals surface area contributed by atoms with Crippen molar-refractivity contribution in [1.82, 2.24) is 10.0 Å². The van der Waals surface area contributed by atoms with Crippen molar-refractivity contribution in [3.8, 4) is 0 Å². The minimum atomic E-state index is 1.09. The number of hydrogen-bond acceptors (Lipinski definition) is 3. The summed E-state index contributed by atoms with van der Waals surface area (Å²) in [5, 5.41) is 4.46. The molecule has 62 valence electrons. The third kappa shape index (κ3) is 4.14. The molecule has 0 atom stereocenters. The predicted molar refractivity (Wildman–Crippen MR) is 49.3 cm³/mol. The zero-order valence-corrected chi connectivity index (χ0v) is 8.24. The number of hydrogen-bond donors (Lipinski definition) is 0. The lowest BCUT2D eigenvalue weighted by Gasteiger charge is -2.26. The van der Waals surface area contributed by atoms with Crippen molar-refractivity contribution in [2.24, 2.45) is 0 Å². The van der Waals surface area contributed by atoms with E-state index in [0.29, 0.717) is 0 Å². The Morgan fingerprint density at radius 2 is 1.80 bits per heavy atom. The van der Waals surface area contributed by atoms with Crippen LogP contribution in [0.2, 0.25) is 0 Å². The van der Waals surface area contributed by atoms with Gasteiger partial charge < -0.3 is 0 Å². The Hall–Kier alpha value is 0.270. The fourth-order valence-corrected chi connectivity index (χ4v) is 1.08. The molecule has 0 N–H and O–H groups in total. The van der Waals surface area contributed by atoms with Gasteiger partial charge in [0, 0.05) is 32.9 Å². The van der Waals surface area contributed by atoms with Gasteiger partial charge in [0.1, 0.15) is 0 Å². The quantitative estimate of drug-likeness (QED) is 0.560. The first kappa shape index (κ1) is 10.3. The minimum absolute atomic E-state index is 1.09. The number of nitrogens with zero attached hydrogens (tertiary/aromatic N) is 2. The molecule has 0 fully saturated rings. The van der Waals surface area contributed by atoms with Gasteiger partial charge in [0.25, 0.3) is 0 Å². The van der Waals surface area contributed by atoms with Crippen LogP contribution < -0.4 is 0 Å². The maximum atomic E-state index is 2.25. The maximum Gasteiger partial charge on any atom is 0.0220 e. The van der Waals surface area contributed by atoms with Gasteiger partial charge in [-0.3, -0.25) is 0 Å². The lowest BCUT2D eigenvalue weighted by molar-refractivity contribution is 0.0400. The van der Waals surface area contributed by atoms with Crippen LogP contribution in [0.1, 0.15) is 6.92 Å². The Kier molecular flexibility index (Phi) is 6.17. The van der Waals surface area contributed by atoms with Crippen LogP contribution in [0.5, 0.6) is 0 Å². The predicted octanol–water partition coefficient (Wildman–Crippen LogP) is 1.15. The molecule has 0 aromatic heterocycles. The molecule has 0 aromatic carbocycles. The molecule has 0 unspecified atom stereocenters. The van der Waals surface area contributed by atoms with E-state index in [0.717, 1.165) is 13.1 Å². The van der Waals surface area contributed by atoms with Crippen molar-refractivity contribution in [1.29, 1.82) is 0 Å². The van der Waals surface area contributed by atoms with Crippen molar-refractivity contribution in [2.75, 3.05) is 39.2 Å². The lowest BCUT2D eigenvalue weighted by Crippen LogP contribution is -2.37. The highest BCUT2D eigenvalue weighted by Crippen LogP contribution is 1.95. The van der Waals surface area contributed by atoms with E-state index in [1.54, 1.807) is 0 Å². The Morgan fingerprint density at radius 3 is 2.20 bits per heavy atom. The fourth-order valence-electron chi connectivity index (χ4n) is 0.636. The second-order valence-corrected chi connectivity index (χ2v) is 3.33. The van der Waals surface area contributed by atoms with Crippen LogP contribution in [0.3, 0.4) is 0 Å². The van der Waals surface area contributed by atoms with Crippen molar-refractivity contribution in [3.05, 3.63) is 0 Å². The summed E-state index contributed by atoms with van der Waals surface area (Å²) in [5.74, 6) is 1.21. The SMILES string of the molecule is CCN(C)N(C)CCSC. The summed E-state index contributed by atoms with van der Waals surface area (Å²) in [6, 6.07) is 0. The molecule has 0 radical (unpaired) electrons. The standard InChI is InChI=1S/C7H18N2S/c1-5-8(2)9(3)6-7-10-4/h5-7H2,1-4H3. The van der Waals surface area contributed by atoms with E-state index in [4.69, 9.17) is 0 Å². The first-order valence-electron chi connectivity index (χ1n) is 3.63. The molecule has 10 heavy (non-hydrogen) atoms. The van der Waals surface area contributed by atoms with E-state index in [1.165, 1.54) is 5.75 Å². The molecule has 0 saturated heterocycles. The number of thioether (sulfide) groups is 1.